The predicted octanol–water partition coefficient (Wildman–Crippen LogP) is 2.05. The molecule has 0 aliphatic heterocycles. The van der Waals surface area contributed by atoms with Crippen molar-refractivity contribution in [3.05, 3.63) is 35.7 Å². The maximum absolute atomic E-state index is 5.32. The van der Waals surface area contributed by atoms with Gasteiger partial charge in [-0.25, -0.2) is 4.98 Å². The fourth-order valence-corrected chi connectivity index (χ4v) is 3.36. The van der Waals surface area contributed by atoms with Crippen LogP contribution < -0.4 is 10.1 Å². The third kappa shape index (κ3) is 3.77. The number of nitrogens with one attached hydrogen (secondary N) is 2. The maximum atomic E-state index is 5.32. The standard InChI is InChI=1S/C15H20N4OS/c1-20-14-5-3-11-2-4-13(8-12(11)9-14)16-6-7-21-15-17-10-18-19-15/h3,5,9-10,13,16H,2,4,6-8H2,1H3,(H,17,18,19)/t13-/m1/s1. The Morgan fingerprint density at radius 3 is 3.19 bits per heavy atom. The van der Waals surface area contributed by atoms with Gasteiger partial charge in [0.2, 0.25) is 0 Å². The smallest absolute Gasteiger partial charge is 0.183 e. The van der Waals surface area contributed by atoms with E-state index >= 15 is 0 Å². The second-order valence-electron chi connectivity index (χ2n) is 5.17. The largest absolute Gasteiger partial charge is 0.497 e. The number of nitrogens with zero attached hydrogens (tertiary/aromatic N) is 2. The van der Waals surface area contributed by atoms with Crippen LogP contribution >= 0.6 is 11.8 Å². The number of aromatic nitrogens is 3. The van der Waals surface area contributed by atoms with Crippen LogP contribution in [-0.2, 0) is 12.8 Å². The van der Waals surface area contributed by atoms with E-state index in [1.807, 2.05) is 0 Å². The van der Waals surface area contributed by atoms with Crippen LogP contribution in [0.3, 0.4) is 0 Å². The van der Waals surface area contributed by atoms with Gasteiger partial charge < -0.3 is 10.1 Å². The molecule has 0 saturated carbocycles. The summed E-state index contributed by atoms with van der Waals surface area (Å²) in [5.74, 6) is 1.95. The molecule has 6 heteroatoms. The van der Waals surface area contributed by atoms with Crippen LogP contribution in [0.15, 0.2) is 29.7 Å². The molecule has 5 nitrogen and oxygen atoms in total. The molecule has 2 N–H and O–H groups in total. The first-order chi connectivity index (χ1) is 10.3. The van der Waals surface area contributed by atoms with Gasteiger partial charge in [0.1, 0.15) is 12.1 Å². The molecule has 1 aliphatic rings. The van der Waals surface area contributed by atoms with Crippen molar-refractivity contribution < 1.29 is 4.74 Å². The highest BCUT2D eigenvalue weighted by Crippen LogP contribution is 2.25. The van der Waals surface area contributed by atoms with Crippen LogP contribution in [0, 0.1) is 0 Å². The molecule has 1 aromatic carbocycles. The van der Waals surface area contributed by atoms with Gasteiger partial charge >= 0.3 is 0 Å². The molecule has 0 spiro atoms. The number of methoxy groups -OCH3 is 1. The highest BCUT2D eigenvalue weighted by atomic mass is 32.2. The molecule has 0 bridgehead atoms. The molecule has 0 saturated heterocycles. The predicted molar refractivity (Wildman–Crippen MR) is 83.9 cm³/mol. The minimum Gasteiger partial charge on any atom is -0.497 e. The lowest BCUT2D eigenvalue weighted by atomic mass is 9.88. The Balaban J connectivity index is 1.47. The molecule has 1 heterocycles. The zero-order valence-electron chi connectivity index (χ0n) is 12.1. The average Bonchev–Trinajstić information content (AvgIpc) is 3.04. The molecule has 1 atom stereocenters. The lowest BCUT2D eigenvalue weighted by Crippen LogP contribution is -2.35. The third-order valence-electron chi connectivity index (χ3n) is 3.81. The first kappa shape index (κ1) is 14.4. The van der Waals surface area contributed by atoms with Gasteiger partial charge in [-0.3, -0.25) is 5.10 Å². The number of H-pyrrole nitrogens is 1. The van der Waals surface area contributed by atoms with Gasteiger partial charge in [-0.15, -0.1) is 0 Å². The first-order valence-corrected chi connectivity index (χ1v) is 8.21. The van der Waals surface area contributed by atoms with Crippen molar-refractivity contribution in [2.24, 2.45) is 0 Å². The topological polar surface area (TPSA) is 62.8 Å². The Morgan fingerprint density at radius 2 is 2.38 bits per heavy atom. The number of hydrogen-bond donors (Lipinski definition) is 2. The maximum Gasteiger partial charge on any atom is 0.183 e. The number of rotatable bonds is 6. The van der Waals surface area contributed by atoms with Gasteiger partial charge in [0.15, 0.2) is 5.16 Å². The Hall–Kier alpha value is -1.53. The van der Waals surface area contributed by atoms with E-state index in [0.717, 1.165) is 36.0 Å². The Bertz CT molecular complexity index is 573. The molecule has 0 fully saturated rings. The highest BCUT2D eigenvalue weighted by Gasteiger charge is 2.18. The number of ether oxygens (including phenoxy) is 1. The number of aryl methyl sites for hydroxylation is 1. The van der Waals surface area contributed by atoms with E-state index in [-0.39, 0.29) is 0 Å². The van der Waals surface area contributed by atoms with E-state index in [1.54, 1.807) is 25.2 Å². The zero-order chi connectivity index (χ0) is 14.5. The van der Waals surface area contributed by atoms with Gasteiger partial charge in [0, 0.05) is 18.3 Å². The van der Waals surface area contributed by atoms with E-state index in [4.69, 9.17) is 4.74 Å². The van der Waals surface area contributed by atoms with E-state index in [2.05, 4.69) is 38.7 Å². The van der Waals surface area contributed by atoms with Crippen molar-refractivity contribution in [1.82, 2.24) is 20.5 Å². The van der Waals surface area contributed by atoms with Crippen LogP contribution in [0.2, 0.25) is 0 Å². The van der Waals surface area contributed by atoms with Crippen molar-refractivity contribution in [1.29, 1.82) is 0 Å². The number of thioether (sulfide) groups is 1. The second-order valence-corrected chi connectivity index (χ2v) is 6.25. The lowest BCUT2D eigenvalue weighted by Gasteiger charge is -2.26. The van der Waals surface area contributed by atoms with Gasteiger partial charge in [-0.2, -0.15) is 5.10 Å². The third-order valence-corrected chi connectivity index (χ3v) is 4.69. The minimum atomic E-state index is 0.555. The first-order valence-electron chi connectivity index (χ1n) is 7.22. The minimum absolute atomic E-state index is 0.555. The van der Waals surface area contributed by atoms with Gasteiger partial charge in [0.05, 0.1) is 7.11 Å². The Labute approximate surface area is 128 Å². The number of benzene rings is 1. The second kappa shape index (κ2) is 6.95. The summed E-state index contributed by atoms with van der Waals surface area (Å²) < 4.78 is 5.32. The summed E-state index contributed by atoms with van der Waals surface area (Å²) in [5.41, 5.74) is 2.88. The molecular formula is C15H20N4OS. The van der Waals surface area contributed by atoms with Gasteiger partial charge in [-0.1, -0.05) is 17.8 Å². The Morgan fingerprint density at radius 1 is 1.43 bits per heavy atom. The van der Waals surface area contributed by atoms with E-state index < -0.39 is 0 Å². The fourth-order valence-electron chi connectivity index (χ4n) is 2.71. The van der Waals surface area contributed by atoms with Crippen LogP contribution in [0.25, 0.3) is 0 Å². The van der Waals surface area contributed by atoms with Crippen LogP contribution in [0.5, 0.6) is 5.75 Å². The quantitative estimate of drug-likeness (QED) is 0.632. The van der Waals surface area contributed by atoms with Crippen molar-refractivity contribution in [3.8, 4) is 5.75 Å². The fraction of sp³-hybridized carbons (Fsp3) is 0.467. The summed E-state index contributed by atoms with van der Waals surface area (Å²) in [6, 6.07) is 6.98. The molecule has 2 aromatic rings. The summed E-state index contributed by atoms with van der Waals surface area (Å²) in [7, 11) is 1.72. The van der Waals surface area contributed by atoms with Crippen molar-refractivity contribution in [3.63, 3.8) is 0 Å². The van der Waals surface area contributed by atoms with E-state index in [0.29, 0.717) is 6.04 Å². The van der Waals surface area contributed by atoms with E-state index in [1.165, 1.54) is 17.5 Å². The SMILES string of the molecule is COc1ccc2c(c1)C[C@H](NCCSc1ncn[nH]1)CC2. The molecule has 0 radical (unpaired) electrons. The lowest BCUT2D eigenvalue weighted by molar-refractivity contribution is 0.411. The van der Waals surface area contributed by atoms with Crippen molar-refractivity contribution >= 4 is 11.8 Å². The summed E-state index contributed by atoms with van der Waals surface area (Å²) in [6.07, 6.45) is 4.97. The van der Waals surface area contributed by atoms with Gasteiger partial charge in [-0.05, 0) is 42.5 Å². The molecule has 0 amide bonds. The molecular weight excluding hydrogens is 284 g/mol. The zero-order valence-corrected chi connectivity index (χ0v) is 12.9. The summed E-state index contributed by atoms with van der Waals surface area (Å²) in [5, 5.41) is 11.2. The van der Waals surface area contributed by atoms with Gasteiger partial charge in [0.25, 0.3) is 0 Å². The number of hydrogen-bond acceptors (Lipinski definition) is 5. The van der Waals surface area contributed by atoms with Crippen LogP contribution in [0.1, 0.15) is 17.5 Å². The average molecular weight is 304 g/mol. The monoisotopic (exact) mass is 304 g/mol. The molecule has 112 valence electrons. The number of fused-ring (bicyclic) bond motifs is 1. The molecule has 1 aliphatic carbocycles. The molecule has 1 aromatic heterocycles. The normalized spacial score (nSPS) is 17.5. The molecule has 0 unspecified atom stereocenters. The summed E-state index contributed by atoms with van der Waals surface area (Å²) in [4.78, 5) is 4.10. The molecule has 21 heavy (non-hydrogen) atoms. The summed E-state index contributed by atoms with van der Waals surface area (Å²) >= 11 is 1.70. The highest BCUT2D eigenvalue weighted by molar-refractivity contribution is 7.99. The summed E-state index contributed by atoms with van der Waals surface area (Å²) in [6.45, 7) is 0.981. The molecule has 3 rings (SSSR count). The van der Waals surface area contributed by atoms with Crippen molar-refractivity contribution in [2.45, 2.75) is 30.5 Å². The Kier molecular flexibility index (Phi) is 4.77. The van der Waals surface area contributed by atoms with Crippen molar-refractivity contribution in [2.75, 3.05) is 19.4 Å². The number of aromatic amines is 1. The van der Waals surface area contributed by atoms with E-state index in [9.17, 15) is 0 Å². The van der Waals surface area contributed by atoms with Crippen LogP contribution in [-0.4, -0.2) is 40.6 Å². The van der Waals surface area contributed by atoms with Crippen LogP contribution in [0.4, 0.5) is 0 Å².